The molecule has 1 saturated heterocycles. The molecular weight excluding hydrogens is 475 g/mol. The van der Waals surface area contributed by atoms with Crippen LogP contribution in [0.2, 0.25) is 10.0 Å². The van der Waals surface area contributed by atoms with E-state index in [0.29, 0.717) is 59.2 Å². The Balaban J connectivity index is 1.20. The minimum absolute atomic E-state index is 0.106. The topological polar surface area (TPSA) is 76.2 Å². The van der Waals surface area contributed by atoms with E-state index in [-0.39, 0.29) is 25.1 Å². The standard InChI is InChI=1S/C22H22Cl2N2O5S/c23-17-9-15(10-18(24)12-17)14-30-22(28)26-5-3-25(4-6-26)7-8-32(29)19-2-1-16-11-21(27)31-20(16)13-19/h1-2,9-10,12-13H,3-8,11,14H2. The highest BCUT2D eigenvalue weighted by molar-refractivity contribution is 7.85. The first-order chi connectivity index (χ1) is 15.4. The van der Waals surface area contributed by atoms with Gasteiger partial charge in [0.15, 0.2) is 0 Å². The van der Waals surface area contributed by atoms with Gasteiger partial charge in [0.25, 0.3) is 0 Å². The molecule has 2 heterocycles. The number of carbonyl (C=O) groups excluding carboxylic acids is 2. The van der Waals surface area contributed by atoms with Crippen molar-refractivity contribution < 1.29 is 23.3 Å². The van der Waals surface area contributed by atoms with Crippen molar-refractivity contribution in [3.05, 3.63) is 57.6 Å². The van der Waals surface area contributed by atoms with E-state index in [0.717, 1.165) is 11.1 Å². The fraction of sp³-hybridized carbons (Fsp3) is 0.364. The lowest BCUT2D eigenvalue weighted by atomic mass is 10.2. The number of esters is 1. The van der Waals surface area contributed by atoms with Gasteiger partial charge in [-0.1, -0.05) is 29.3 Å². The number of rotatable bonds is 6. The van der Waals surface area contributed by atoms with Crippen LogP contribution in [0.1, 0.15) is 11.1 Å². The molecule has 7 nitrogen and oxygen atoms in total. The van der Waals surface area contributed by atoms with E-state index in [4.69, 9.17) is 32.7 Å². The monoisotopic (exact) mass is 496 g/mol. The lowest BCUT2D eigenvalue weighted by molar-refractivity contribution is -0.131. The molecule has 1 unspecified atom stereocenters. The van der Waals surface area contributed by atoms with E-state index in [2.05, 4.69) is 4.90 Å². The number of fused-ring (bicyclic) bond motifs is 1. The maximum atomic E-state index is 12.6. The number of carbonyl (C=O) groups is 2. The first-order valence-electron chi connectivity index (χ1n) is 10.2. The summed E-state index contributed by atoms with van der Waals surface area (Å²) in [5.41, 5.74) is 1.57. The van der Waals surface area contributed by atoms with Crippen LogP contribution in [0.5, 0.6) is 5.75 Å². The van der Waals surface area contributed by atoms with E-state index >= 15 is 0 Å². The van der Waals surface area contributed by atoms with Gasteiger partial charge in [0.05, 0.1) is 17.2 Å². The summed E-state index contributed by atoms with van der Waals surface area (Å²) in [6, 6.07) is 10.3. The summed E-state index contributed by atoms with van der Waals surface area (Å²) in [5.74, 6) is 0.691. The largest absolute Gasteiger partial charge is 0.445 e. The second-order valence-electron chi connectivity index (χ2n) is 7.63. The van der Waals surface area contributed by atoms with E-state index in [1.54, 1.807) is 41.3 Å². The Bertz CT molecular complexity index is 1040. The van der Waals surface area contributed by atoms with Crippen LogP contribution in [0, 0.1) is 0 Å². The quantitative estimate of drug-likeness (QED) is 0.449. The van der Waals surface area contributed by atoms with Gasteiger partial charge in [-0.3, -0.25) is 13.9 Å². The first-order valence-corrected chi connectivity index (χ1v) is 12.3. The number of nitrogens with zero attached hydrogens (tertiary/aromatic N) is 2. The Morgan fingerprint density at radius 3 is 2.50 bits per heavy atom. The van der Waals surface area contributed by atoms with Gasteiger partial charge in [0.2, 0.25) is 0 Å². The summed E-state index contributed by atoms with van der Waals surface area (Å²) < 4.78 is 23.2. The van der Waals surface area contributed by atoms with E-state index in [9.17, 15) is 13.8 Å². The summed E-state index contributed by atoms with van der Waals surface area (Å²) in [7, 11) is -1.19. The minimum Gasteiger partial charge on any atom is -0.445 e. The molecule has 2 aromatic rings. The molecule has 2 aromatic carbocycles. The van der Waals surface area contributed by atoms with Crippen LogP contribution < -0.4 is 4.74 Å². The molecule has 10 heteroatoms. The molecule has 2 aliphatic heterocycles. The van der Waals surface area contributed by atoms with Gasteiger partial charge in [0, 0.05) is 59.0 Å². The Morgan fingerprint density at radius 1 is 1.06 bits per heavy atom. The number of ether oxygens (including phenoxy) is 2. The van der Waals surface area contributed by atoms with Crippen molar-refractivity contribution in [2.24, 2.45) is 0 Å². The fourth-order valence-corrected chi connectivity index (χ4v) is 5.34. The molecule has 4 rings (SSSR count). The molecule has 1 atom stereocenters. The van der Waals surface area contributed by atoms with Crippen LogP contribution in [0.3, 0.4) is 0 Å². The number of piperazine rings is 1. The number of hydrogen-bond acceptors (Lipinski definition) is 6. The molecule has 0 aromatic heterocycles. The highest BCUT2D eigenvalue weighted by atomic mass is 35.5. The number of amides is 1. The molecular formula is C22H22Cl2N2O5S. The molecule has 32 heavy (non-hydrogen) atoms. The minimum atomic E-state index is -1.19. The van der Waals surface area contributed by atoms with Crippen molar-refractivity contribution in [1.82, 2.24) is 9.80 Å². The number of halogens is 2. The van der Waals surface area contributed by atoms with Gasteiger partial charge in [-0.2, -0.15) is 0 Å². The lowest BCUT2D eigenvalue weighted by Crippen LogP contribution is -2.49. The van der Waals surface area contributed by atoms with Crippen molar-refractivity contribution >= 4 is 46.1 Å². The maximum absolute atomic E-state index is 12.6. The third-order valence-electron chi connectivity index (χ3n) is 5.37. The Hall–Kier alpha value is -2.13. The normalized spacial score (nSPS) is 17.1. The SMILES string of the molecule is O=C1Cc2ccc(S(=O)CCN3CCN(C(=O)OCc4cc(Cl)cc(Cl)c4)CC3)cc2O1. The average molecular weight is 497 g/mol. The molecule has 1 amide bonds. The Kier molecular flexibility index (Phi) is 7.35. The second kappa shape index (κ2) is 10.2. The zero-order chi connectivity index (χ0) is 22.7. The van der Waals surface area contributed by atoms with Crippen LogP contribution in [0.25, 0.3) is 0 Å². The van der Waals surface area contributed by atoms with Gasteiger partial charge >= 0.3 is 12.1 Å². The zero-order valence-electron chi connectivity index (χ0n) is 17.2. The number of hydrogen-bond donors (Lipinski definition) is 0. The molecule has 0 saturated carbocycles. The molecule has 170 valence electrons. The molecule has 0 bridgehead atoms. The van der Waals surface area contributed by atoms with Crippen molar-refractivity contribution in [3.63, 3.8) is 0 Å². The summed E-state index contributed by atoms with van der Waals surface area (Å²) in [4.78, 5) is 28.2. The van der Waals surface area contributed by atoms with Crippen molar-refractivity contribution in [3.8, 4) is 5.75 Å². The Labute approximate surface area is 198 Å². The average Bonchev–Trinajstić information content (AvgIpc) is 3.14. The summed E-state index contributed by atoms with van der Waals surface area (Å²) >= 11 is 11.9. The van der Waals surface area contributed by atoms with Crippen molar-refractivity contribution in [2.75, 3.05) is 38.5 Å². The van der Waals surface area contributed by atoms with Gasteiger partial charge in [-0.05, 0) is 35.9 Å². The van der Waals surface area contributed by atoms with Crippen LogP contribution >= 0.6 is 23.2 Å². The molecule has 1 fully saturated rings. The molecule has 0 N–H and O–H groups in total. The van der Waals surface area contributed by atoms with Gasteiger partial charge < -0.3 is 14.4 Å². The number of benzene rings is 2. The van der Waals surface area contributed by atoms with Gasteiger partial charge in [-0.15, -0.1) is 0 Å². The van der Waals surface area contributed by atoms with Crippen LogP contribution in [-0.4, -0.2) is 64.5 Å². The fourth-order valence-electron chi connectivity index (χ4n) is 3.65. The van der Waals surface area contributed by atoms with Crippen molar-refractivity contribution in [2.45, 2.75) is 17.9 Å². The van der Waals surface area contributed by atoms with Gasteiger partial charge in [0.1, 0.15) is 12.4 Å². The first kappa shape index (κ1) is 23.0. The molecule has 0 spiro atoms. The summed E-state index contributed by atoms with van der Waals surface area (Å²) in [5, 5.41) is 0.992. The zero-order valence-corrected chi connectivity index (χ0v) is 19.5. The maximum Gasteiger partial charge on any atom is 0.410 e. The van der Waals surface area contributed by atoms with E-state index in [1.165, 1.54) is 0 Å². The molecule has 2 aliphatic rings. The summed E-state index contributed by atoms with van der Waals surface area (Å²) in [6.45, 7) is 3.18. The highest BCUT2D eigenvalue weighted by Crippen LogP contribution is 2.28. The van der Waals surface area contributed by atoms with E-state index in [1.807, 2.05) is 0 Å². The molecule has 0 radical (unpaired) electrons. The predicted octanol–water partition coefficient (Wildman–Crippen LogP) is 3.52. The summed E-state index contributed by atoms with van der Waals surface area (Å²) in [6.07, 6.45) is -0.112. The predicted molar refractivity (Wildman–Crippen MR) is 122 cm³/mol. The van der Waals surface area contributed by atoms with Gasteiger partial charge in [-0.25, -0.2) is 4.79 Å². The van der Waals surface area contributed by atoms with Crippen LogP contribution in [-0.2, 0) is 33.4 Å². The van der Waals surface area contributed by atoms with Crippen LogP contribution in [0.4, 0.5) is 4.79 Å². The highest BCUT2D eigenvalue weighted by Gasteiger charge is 2.24. The van der Waals surface area contributed by atoms with E-state index < -0.39 is 10.8 Å². The lowest BCUT2D eigenvalue weighted by Gasteiger charge is -2.33. The Morgan fingerprint density at radius 2 is 1.78 bits per heavy atom. The third-order valence-corrected chi connectivity index (χ3v) is 7.14. The van der Waals surface area contributed by atoms with Crippen LogP contribution in [0.15, 0.2) is 41.3 Å². The smallest absolute Gasteiger partial charge is 0.410 e. The molecule has 0 aliphatic carbocycles. The third kappa shape index (κ3) is 5.81. The van der Waals surface area contributed by atoms with Crippen molar-refractivity contribution in [1.29, 1.82) is 0 Å². The second-order valence-corrected chi connectivity index (χ2v) is 10.1.